The number of rotatable bonds is 3. The van der Waals surface area contributed by atoms with Crippen molar-refractivity contribution >= 4 is 39.4 Å². The Morgan fingerprint density at radius 3 is 2.42 bits per heavy atom. The van der Waals surface area contributed by atoms with E-state index < -0.39 is 23.3 Å². The molecule has 1 fully saturated rings. The van der Waals surface area contributed by atoms with E-state index in [1.165, 1.54) is 25.3 Å². The maximum atomic E-state index is 14.5. The largest absolute Gasteiger partial charge is 0.431 e. The quantitative estimate of drug-likeness (QED) is 0.379. The van der Waals surface area contributed by atoms with Crippen molar-refractivity contribution in [3.63, 3.8) is 0 Å². The number of anilines is 1. The Hall–Kier alpha value is -4.55. The molecule has 0 atom stereocenters. The summed E-state index contributed by atoms with van der Waals surface area (Å²) in [5.41, 5.74) is -1.77. The fraction of sp³-hybridized carbons (Fsp3) is 0.280. The monoisotopic (exact) mass is 525 g/mol. The van der Waals surface area contributed by atoms with Crippen LogP contribution >= 0.6 is 0 Å². The van der Waals surface area contributed by atoms with Crippen LogP contribution in [0.4, 0.5) is 19.0 Å². The first-order valence-corrected chi connectivity index (χ1v) is 11.7. The van der Waals surface area contributed by atoms with Gasteiger partial charge < -0.3 is 9.80 Å². The highest BCUT2D eigenvalue weighted by molar-refractivity contribution is 5.96. The maximum absolute atomic E-state index is 14.5. The third-order valence-electron chi connectivity index (χ3n) is 6.59. The number of benzene rings is 1. The summed E-state index contributed by atoms with van der Waals surface area (Å²) in [4.78, 5) is 49.2. The van der Waals surface area contributed by atoms with Crippen LogP contribution in [0.2, 0.25) is 0 Å². The molecule has 0 bridgehead atoms. The minimum absolute atomic E-state index is 0.0362. The van der Waals surface area contributed by atoms with Gasteiger partial charge in [0.2, 0.25) is 11.8 Å². The summed E-state index contributed by atoms with van der Waals surface area (Å²) in [5, 5.41) is 4.18. The lowest BCUT2D eigenvalue weighted by atomic mass is 10.1. The van der Waals surface area contributed by atoms with E-state index in [4.69, 9.17) is 0 Å². The van der Waals surface area contributed by atoms with Gasteiger partial charge in [0.05, 0.1) is 22.8 Å². The van der Waals surface area contributed by atoms with Crippen molar-refractivity contribution in [2.24, 2.45) is 0 Å². The van der Waals surface area contributed by atoms with Gasteiger partial charge in [-0.15, -0.1) is 0 Å². The molecule has 0 N–H and O–H groups in total. The number of fused-ring (bicyclic) bond motifs is 2. The van der Waals surface area contributed by atoms with Gasteiger partial charge in [0.1, 0.15) is 23.4 Å². The van der Waals surface area contributed by atoms with E-state index >= 15 is 0 Å². The molecule has 4 heterocycles. The molecule has 196 valence electrons. The average Bonchev–Trinajstić information content (AvgIpc) is 3.32. The van der Waals surface area contributed by atoms with E-state index in [2.05, 4.69) is 21.6 Å². The van der Waals surface area contributed by atoms with E-state index in [0.29, 0.717) is 36.3 Å². The number of alkyl halides is 3. The van der Waals surface area contributed by atoms with Crippen LogP contribution in [0.3, 0.4) is 0 Å². The van der Waals surface area contributed by atoms with Crippen molar-refractivity contribution < 1.29 is 22.8 Å². The van der Waals surface area contributed by atoms with Crippen LogP contribution in [0.15, 0.2) is 48.2 Å². The van der Waals surface area contributed by atoms with Crippen LogP contribution in [-0.4, -0.2) is 67.2 Å². The highest BCUT2D eigenvalue weighted by Gasteiger charge is 2.37. The Morgan fingerprint density at radius 2 is 1.79 bits per heavy atom. The van der Waals surface area contributed by atoms with Crippen LogP contribution in [0, 0.1) is 6.92 Å². The van der Waals surface area contributed by atoms with Gasteiger partial charge in [-0.25, -0.2) is 14.6 Å². The summed E-state index contributed by atoms with van der Waals surface area (Å²) >= 11 is 0. The number of halogens is 3. The molecule has 0 saturated carbocycles. The van der Waals surface area contributed by atoms with E-state index in [1.807, 2.05) is 0 Å². The second kappa shape index (κ2) is 9.08. The molecule has 0 aliphatic carbocycles. The SMILES string of the molecule is C=CC(=O)N1CCN(c2ncnc3c(=O)n(-c4c(C)ccc5c4cnn5C(C)=O)c(C(F)(F)F)cc23)CC1. The van der Waals surface area contributed by atoms with Gasteiger partial charge >= 0.3 is 6.18 Å². The summed E-state index contributed by atoms with van der Waals surface area (Å²) in [6.45, 7) is 7.58. The number of nitrogens with zero attached hydrogens (tertiary/aromatic N) is 7. The fourth-order valence-corrected chi connectivity index (χ4v) is 4.80. The molecular weight excluding hydrogens is 503 g/mol. The van der Waals surface area contributed by atoms with Gasteiger partial charge in [0.15, 0.2) is 0 Å². The molecule has 0 spiro atoms. The smallest absolute Gasteiger partial charge is 0.352 e. The van der Waals surface area contributed by atoms with Gasteiger partial charge in [0, 0.05) is 38.5 Å². The zero-order chi connectivity index (χ0) is 27.4. The van der Waals surface area contributed by atoms with Crippen LogP contribution in [-0.2, 0) is 11.0 Å². The highest BCUT2D eigenvalue weighted by atomic mass is 19.4. The Labute approximate surface area is 213 Å². The summed E-state index contributed by atoms with van der Waals surface area (Å²) < 4.78 is 45.2. The van der Waals surface area contributed by atoms with Crippen LogP contribution in [0.25, 0.3) is 27.5 Å². The van der Waals surface area contributed by atoms with E-state index in [9.17, 15) is 27.6 Å². The summed E-state index contributed by atoms with van der Waals surface area (Å²) in [5.74, 6) is -0.490. The number of piperazine rings is 1. The molecule has 1 aliphatic rings. The first-order valence-electron chi connectivity index (χ1n) is 11.7. The molecule has 3 aromatic heterocycles. The molecule has 5 rings (SSSR count). The molecule has 1 saturated heterocycles. The van der Waals surface area contributed by atoms with Crippen molar-refractivity contribution in [1.82, 2.24) is 29.2 Å². The summed E-state index contributed by atoms with van der Waals surface area (Å²) in [7, 11) is 0. The Morgan fingerprint density at radius 1 is 1.08 bits per heavy atom. The molecular formula is C25H22F3N7O3. The lowest BCUT2D eigenvalue weighted by molar-refractivity contribution is -0.142. The lowest BCUT2D eigenvalue weighted by Gasteiger charge is -2.35. The van der Waals surface area contributed by atoms with Crippen molar-refractivity contribution in [1.29, 1.82) is 0 Å². The molecule has 0 unspecified atom stereocenters. The number of pyridine rings is 1. The highest BCUT2D eigenvalue weighted by Crippen LogP contribution is 2.36. The number of carbonyl (C=O) groups excluding carboxylic acids is 2. The Kier molecular flexibility index (Phi) is 6.00. The standard InChI is InChI=1S/C25H22F3N7O3/c1-4-20(37)32-7-9-33(10-8-32)23-16-11-19(25(26,27)28)34(24(38)21(16)29-13-30-23)22-14(2)5-6-18-17(22)12-31-35(18)15(3)36/h4-6,11-13H,1,7-10H2,2-3H3. The molecule has 1 aliphatic heterocycles. The van der Waals surface area contributed by atoms with Crippen molar-refractivity contribution in [3.05, 3.63) is 65.0 Å². The van der Waals surface area contributed by atoms with Gasteiger partial charge in [-0.1, -0.05) is 12.6 Å². The zero-order valence-corrected chi connectivity index (χ0v) is 20.5. The number of aromatic nitrogens is 5. The molecule has 0 radical (unpaired) electrons. The molecule has 1 aromatic carbocycles. The number of hydrogen-bond acceptors (Lipinski definition) is 7. The third-order valence-corrected chi connectivity index (χ3v) is 6.59. The van der Waals surface area contributed by atoms with Crippen molar-refractivity contribution in [2.75, 3.05) is 31.1 Å². The van der Waals surface area contributed by atoms with E-state index in [1.54, 1.807) is 22.8 Å². The molecule has 10 nitrogen and oxygen atoms in total. The second-order valence-corrected chi connectivity index (χ2v) is 8.88. The van der Waals surface area contributed by atoms with Crippen LogP contribution in [0.5, 0.6) is 0 Å². The summed E-state index contributed by atoms with van der Waals surface area (Å²) in [6, 6.07) is 3.98. The number of aryl methyl sites for hydroxylation is 1. The first kappa shape index (κ1) is 25.1. The van der Waals surface area contributed by atoms with E-state index in [-0.39, 0.29) is 39.2 Å². The predicted molar refractivity (Wildman–Crippen MR) is 133 cm³/mol. The fourth-order valence-electron chi connectivity index (χ4n) is 4.80. The number of hydrogen-bond donors (Lipinski definition) is 0. The minimum Gasteiger partial charge on any atom is -0.352 e. The van der Waals surface area contributed by atoms with Crippen molar-refractivity contribution in [3.8, 4) is 5.69 Å². The van der Waals surface area contributed by atoms with Gasteiger partial charge in [-0.2, -0.15) is 18.3 Å². The summed E-state index contributed by atoms with van der Waals surface area (Å²) in [6.07, 6.45) is -1.30. The van der Waals surface area contributed by atoms with Gasteiger partial charge in [-0.3, -0.25) is 19.0 Å². The average molecular weight is 525 g/mol. The second-order valence-electron chi connectivity index (χ2n) is 8.88. The topological polar surface area (TPSA) is 106 Å². The molecule has 38 heavy (non-hydrogen) atoms. The first-order chi connectivity index (χ1) is 18.0. The lowest BCUT2D eigenvalue weighted by Crippen LogP contribution is -2.48. The number of amides is 1. The third kappa shape index (κ3) is 3.99. The predicted octanol–water partition coefficient (Wildman–Crippen LogP) is 2.95. The Balaban J connectivity index is 1.74. The van der Waals surface area contributed by atoms with Gasteiger partial charge in [0.25, 0.3) is 5.56 Å². The molecule has 1 amide bonds. The van der Waals surface area contributed by atoms with E-state index in [0.717, 1.165) is 17.1 Å². The van der Waals surface area contributed by atoms with Gasteiger partial charge in [-0.05, 0) is 30.7 Å². The minimum atomic E-state index is -4.92. The van der Waals surface area contributed by atoms with Crippen LogP contribution < -0.4 is 10.5 Å². The van der Waals surface area contributed by atoms with Crippen LogP contribution in [0.1, 0.15) is 23.0 Å². The Bertz CT molecular complexity index is 1680. The maximum Gasteiger partial charge on any atom is 0.431 e. The zero-order valence-electron chi connectivity index (χ0n) is 20.5. The normalized spacial score (nSPS) is 14.3. The van der Waals surface area contributed by atoms with Crippen molar-refractivity contribution in [2.45, 2.75) is 20.0 Å². The molecule has 4 aromatic rings. The number of carbonyl (C=O) groups is 2. The molecule has 13 heteroatoms.